The van der Waals surface area contributed by atoms with Crippen molar-refractivity contribution in [3.8, 4) is 0 Å². The van der Waals surface area contributed by atoms with Gasteiger partial charge in [0, 0.05) is 12.2 Å². The third-order valence-corrected chi connectivity index (χ3v) is 2.21. The molecule has 1 rings (SSSR count). The van der Waals surface area contributed by atoms with Crippen LogP contribution in [0.1, 0.15) is 37.6 Å². The number of aryl methyl sites for hydroxylation is 1. The van der Waals surface area contributed by atoms with Gasteiger partial charge >= 0.3 is 0 Å². The van der Waals surface area contributed by atoms with Crippen molar-refractivity contribution < 1.29 is 0 Å². The molecule has 78 valence electrons. The molecule has 2 nitrogen and oxygen atoms in total. The van der Waals surface area contributed by atoms with Crippen LogP contribution in [-0.4, -0.2) is 11.5 Å². The molecule has 0 aliphatic rings. The molecule has 14 heavy (non-hydrogen) atoms. The molecular weight excluding hydrogens is 172 g/mol. The maximum atomic E-state index is 4.43. The summed E-state index contributed by atoms with van der Waals surface area (Å²) in [5.74, 6) is 0. The van der Waals surface area contributed by atoms with E-state index in [-0.39, 0.29) is 0 Å². The first-order valence-electron chi connectivity index (χ1n) is 5.46. The van der Waals surface area contributed by atoms with Crippen molar-refractivity contribution in [1.29, 1.82) is 0 Å². The highest BCUT2D eigenvalue weighted by molar-refractivity contribution is 5.09. The van der Waals surface area contributed by atoms with Gasteiger partial charge in [-0.1, -0.05) is 25.8 Å². The highest BCUT2D eigenvalue weighted by Crippen LogP contribution is 1.98. The number of rotatable bonds is 6. The fourth-order valence-electron chi connectivity index (χ4n) is 1.41. The van der Waals surface area contributed by atoms with E-state index in [2.05, 4.69) is 29.4 Å². The first-order valence-corrected chi connectivity index (χ1v) is 5.46. The molecule has 1 N–H and O–H groups in total. The van der Waals surface area contributed by atoms with E-state index in [9.17, 15) is 0 Å². The Balaban J connectivity index is 2.18. The molecule has 0 aromatic carbocycles. The maximum Gasteiger partial charge on any atom is 0.0544 e. The molecule has 1 aromatic rings. The Labute approximate surface area is 86.8 Å². The van der Waals surface area contributed by atoms with Crippen LogP contribution in [-0.2, 0) is 6.54 Å². The van der Waals surface area contributed by atoms with Gasteiger partial charge in [-0.2, -0.15) is 0 Å². The van der Waals surface area contributed by atoms with Crippen LogP contribution in [0, 0.1) is 6.92 Å². The van der Waals surface area contributed by atoms with Crippen LogP contribution in [0.5, 0.6) is 0 Å². The Bertz CT molecular complexity index is 258. The Hall–Kier alpha value is -0.890. The van der Waals surface area contributed by atoms with E-state index in [1.165, 1.54) is 19.3 Å². The van der Waals surface area contributed by atoms with Crippen LogP contribution in [0.4, 0.5) is 0 Å². The fraction of sp³-hybridized carbons (Fsp3) is 0.583. The molecule has 1 heterocycles. The van der Waals surface area contributed by atoms with E-state index in [4.69, 9.17) is 0 Å². The van der Waals surface area contributed by atoms with E-state index >= 15 is 0 Å². The summed E-state index contributed by atoms with van der Waals surface area (Å²) in [6.07, 6.45) is 3.86. The van der Waals surface area contributed by atoms with Crippen LogP contribution in [0.15, 0.2) is 18.2 Å². The maximum absolute atomic E-state index is 4.43. The lowest BCUT2D eigenvalue weighted by Gasteiger charge is -2.04. The Kier molecular flexibility index (Phi) is 5.23. The highest BCUT2D eigenvalue weighted by atomic mass is 14.9. The van der Waals surface area contributed by atoms with E-state index in [0.717, 1.165) is 24.5 Å². The number of unbranched alkanes of at least 4 members (excludes halogenated alkanes) is 2. The van der Waals surface area contributed by atoms with E-state index < -0.39 is 0 Å². The quantitative estimate of drug-likeness (QED) is 0.701. The molecule has 0 unspecified atom stereocenters. The van der Waals surface area contributed by atoms with Crippen LogP contribution in [0.25, 0.3) is 0 Å². The lowest BCUT2D eigenvalue weighted by molar-refractivity contribution is 0.610. The molecular formula is C12H20N2. The summed E-state index contributed by atoms with van der Waals surface area (Å²) >= 11 is 0. The average Bonchev–Trinajstić information content (AvgIpc) is 2.18. The zero-order valence-corrected chi connectivity index (χ0v) is 9.21. The zero-order valence-electron chi connectivity index (χ0n) is 9.21. The lowest BCUT2D eigenvalue weighted by Crippen LogP contribution is -2.15. The summed E-state index contributed by atoms with van der Waals surface area (Å²) in [5.41, 5.74) is 2.24. The van der Waals surface area contributed by atoms with E-state index in [0.29, 0.717) is 0 Å². The topological polar surface area (TPSA) is 24.9 Å². The third kappa shape index (κ3) is 4.38. The minimum Gasteiger partial charge on any atom is -0.311 e. The lowest BCUT2D eigenvalue weighted by atomic mass is 10.2. The standard InChI is InChI=1S/C12H20N2/c1-3-4-5-9-13-10-12-8-6-7-11(2)14-12/h6-8,13H,3-5,9-10H2,1-2H3. The third-order valence-electron chi connectivity index (χ3n) is 2.21. The molecule has 0 saturated heterocycles. The van der Waals surface area contributed by atoms with Gasteiger partial charge in [-0.05, 0) is 32.0 Å². The molecule has 0 fully saturated rings. The van der Waals surface area contributed by atoms with Crippen molar-refractivity contribution in [1.82, 2.24) is 10.3 Å². The van der Waals surface area contributed by atoms with Crippen molar-refractivity contribution in [2.45, 2.75) is 39.7 Å². The van der Waals surface area contributed by atoms with Gasteiger partial charge in [0.2, 0.25) is 0 Å². The Morgan fingerprint density at radius 3 is 2.86 bits per heavy atom. The zero-order chi connectivity index (χ0) is 10.2. The number of nitrogens with zero attached hydrogens (tertiary/aromatic N) is 1. The van der Waals surface area contributed by atoms with Gasteiger partial charge in [0.1, 0.15) is 0 Å². The summed E-state index contributed by atoms with van der Waals surface area (Å²) in [7, 11) is 0. The van der Waals surface area contributed by atoms with Gasteiger partial charge in [-0.3, -0.25) is 4.98 Å². The van der Waals surface area contributed by atoms with E-state index in [1.54, 1.807) is 0 Å². The summed E-state index contributed by atoms with van der Waals surface area (Å²) in [4.78, 5) is 4.43. The largest absolute Gasteiger partial charge is 0.311 e. The highest BCUT2D eigenvalue weighted by Gasteiger charge is 1.93. The molecule has 0 atom stereocenters. The number of aromatic nitrogens is 1. The van der Waals surface area contributed by atoms with Crippen LogP contribution in [0.3, 0.4) is 0 Å². The van der Waals surface area contributed by atoms with Crippen LogP contribution >= 0.6 is 0 Å². The number of hydrogen-bond donors (Lipinski definition) is 1. The molecule has 0 spiro atoms. The Morgan fingerprint density at radius 2 is 2.14 bits per heavy atom. The average molecular weight is 192 g/mol. The second-order valence-electron chi connectivity index (χ2n) is 3.65. The van der Waals surface area contributed by atoms with Gasteiger partial charge in [0.15, 0.2) is 0 Å². The minimum atomic E-state index is 0.894. The SMILES string of the molecule is CCCCCNCc1cccc(C)n1. The van der Waals surface area contributed by atoms with Gasteiger partial charge < -0.3 is 5.32 Å². The molecule has 1 aromatic heterocycles. The summed E-state index contributed by atoms with van der Waals surface area (Å²) < 4.78 is 0. The van der Waals surface area contributed by atoms with Crippen LogP contribution < -0.4 is 5.32 Å². The van der Waals surface area contributed by atoms with Crippen molar-refractivity contribution >= 4 is 0 Å². The number of pyridine rings is 1. The second kappa shape index (κ2) is 6.55. The minimum absolute atomic E-state index is 0.894. The van der Waals surface area contributed by atoms with Gasteiger partial charge in [0.25, 0.3) is 0 Å². The van der Waals surface area contributed by atoms with Crippen molar-refractivity contribution in [3.63, 3.8) is 0 Å². The van der Waals surface area contributed by atoms with Crippen molar-refractivity contribution in [2.24, 2.45) is 0 Å². The van der Waals surface area contributed by atoms with Crippen molar-refractivity contribution in [2.75, 3.05) is 6.54 Å². The van der Waals surface area contributed by atoms with Gasteiger partial charge in [0.05, 0.1) is 5.69 Å². The summed E-state index contributed by atoms with van der Waals surface area (Å²) in [6, 6.07) is 6.16. The molecule has 0 radical (unpaired) electrons. The van der Waals surface area contributed by atoms with Gasteiger partial charge in [-0.25, -0.2) is 0 Å². The Morgan fingerprint density at radius 1 is 1.29 bits per heavy atom. The van der Waals surface area contributed by atoms with Crippen molar-refractivity contribution in [3.05, 3.63) is 29.6 Å². The monoisotopic (exact) mass is 192 g/mol. The molecule has 0 aliphatic carbocycles. The number of nitrogens with one attached hydrogen (secondary N) is 1. The fourth-order valence-corrected chi connectivity index (χ4v) is 1.41. The summed E-state index contributed by atoms with van der Waals surface area (Å²) in [5, 5.41) is 3.40. The predicted octanol–water partition coefficient (Wildman–Crippen LogP) is 2.67. The molecule has 0 saturated carbocycles. The molecule has 0 bridgehead atoms. The molecule has 0 amide bonds. The van der Waals surface area contributed by atoms with Crippen LogP contribution in [0.2, 0.25) is 0 Å². The predicted molar refractivity (Wildman–Crippen MR) is 60.2 cm³/mol. The molecule has 2 heteroatoms. The smallest absolute Gasteiger partial charge is 0.0544 e. The van der Waals surface area contributed by atoms with Gasteiger partial charge in [-0.15, -0.1) is 0 Å². The summed E-state index contributed by atoms with van der Waals surface area (Å²) in [6.45, 7) is 6.25. The first kappa shape index (κ1) is 11.2. The first-order chi connectivity index (χ1) is 6.83. The number of hydrogen-bond acceptors (Lipinski definition) is 2. The normalized spacial score (nSPS) is 10.4. The molecule has 0 aliphatic heterocycles. The van der Waals surface area contributed by atoms with E-state index in [1.807, 2.05) is 13.0 Å². The second-order valence-corrected chi connectivity index (χ2v) is 3.65.